The van der Waals surface area contributed by atoms with Gasteiger partial charge in [0.25, 0.3) is 0 Å². The Morgan fingerprint density at radius 1 is 0.938 bits per heavy atom. The smallest absolute Gasteiger partial charge is 0.458 e. The van der Waals surface area contributed by atoms with Crippen LogP contribution >= 0.6 is 0 Å². The Morgan fingerprint density at radius 2 is 1.58 bits per heavy atom. The summed E-state index contributed by atoms with van der Waals surface area (Å²) in [5.74, 6) is -1.04. The van der Waals surface area contributed by atoms with Crippen molar-refractivity contribution in [2.45, 2.75) is 154 Å². The molecule has 0 aliphatic rings. The van der Waals surface area contributed by atoms with Crippen LogP contribution in [0.15, 0.2) is 44.2 Å². The molecule has 0 fully saturated rings. The predicted octanol–water partition coefficient (Wildman–Crippen LogP) is 7.90. The second-order valence-electron chi connectivity index (χ2n) is 16.2. The molecule has 0 saturated carbocycles. The lowest BCUT2D eigenvalue weighted by atomic mass is 9.98. The van der Waals surface area contributed by atoms with Crippen LogP contribution in [0, 0.1) is 25.3 Å². The molecule has 354 valence electrons. The number of aliphatic hydroxyl groups excluding tert-OH is 1. The van der Waals surface area contributed by atoms with E-state index in [1.165, 1.54) is 109 Å². The van der Waals surface area contributed by atoms with E-state index in [-0.39, 0.29) is 47.0 Å². The van der Waals surface area contributed by atoms with Gasteiger partial charge in [0.15, 0.2) is 40.7 Å². The topological polar surface area (TPSA) is 234 Å². The first-order chi connectivity index (χ1) is 31.1. The Kier molecular flexibility index (Phi) is 20.1. The minimum Gasteiger partial charge on any atom is -0.458 e. The van der Waals surface area contributed by atoms with Gasteiger partial charge in [-0.05, 0) is 39.3 Å². The van der Waals surface area contributed by atoms with Gasteiger partial charge in [-0.25, -0.2) is 19.4 Å². The molecule has 0 bridgehead atoms. The van der Waals surface area contributed by atoms with Crippen molar-refractivity contribution in [1.82, 2.24) is 19.5 Å². The number of fused-ring (bicyclic) bond motifs is 1. The average molecular weight is 910 g/mol. The molecule has 4 rings (SSSR count). The van der Waals surface area contributed by atoms with Crippen molar-refractivity contribution in [2.24, 2.45) is 0 Å². The molecular weight excluding hydrogens is 850 g/mol. The first-order valence-electron chi connectivity index (χ1n) is 21.9. The molecule has 2 atom stereocenters. The predicted molar refractivity (Wildman–Crippen MR) is 233 cm³/mol. The molecule has 0 spiro atoms. The van der Waals surface area contributed by atoms with E-state index in [2.05, 4.69) is 33.1 Å². The monoisotopic (exact) mass is 909 g/mol. The Bertz CT molecular complexity index is 2300. The number of aryl methyl sites for hydroxylation is 1. The van der Waals surface area contributed by atoms with Gasteiger partial charge in [-0.15, -0.1) is 6.42 Å². The lowest BCUT2D eigenvalue weighted by Gasteiger charge is -2.31. The van der Waals surface area contributed by atoms with Gasteiger partial charge in [0, 0.05) is 13.5 Å². The fraction of sp³-hybridized carbons (Fsp3) is 0.565. The summed E-state index contributed by atoms with van der Waals surface area (Å²) in [6.45, 7) is 5.06. The molecule has 19 heteroatoms. The molecule has 1 amide bonds. The number of hydrogen-bond acceptors (Lipinski definition) is 16. The zero-order chi connectivity index (χ0) is 47.4. The third-order valence-corrected chi connectivity index (χ3v) is 10.5. The number of aliphatic hydroxyl groups is 1. The van der Waals surface area contributed by atoms with Gasteiger partial charge in [-0.2, -0.15) is 14.4 Å². The van der Waals surface area contributed by atoms with Gasteiger partial charge in [0.05, 0.1) is 19.3 Å². The minimum atomic E-state index is -1.94. The van der Waals surface area contributed by atoms with Gasteiger partial charge < -0.3 is 42.2 Å². The number of nitrogens with zero attached hydrogens (tertiary/aromatic N) is 4. The fourth-order valence-electron chi connectivity index (χ4n) is 6.86. The highest BCUT2D eigenvalue weighted by Crippen LogP contribution is 2.26. The van der Waals surface area contributed by atoms with E-state index >= 15 is 0 Å². The molecule has 0 aliphatic carbocycles. The van der Waals surface area contributed by atoms with Crippen molar-refractivity contribution in [3.05, 3.63) is 64.4 Å². The molecule has 0 aliphatic heterocycles. The highest BCUT2D eigenvalue weighted by molar-refractivity contribution is 5.94. The highest BCUT2D eigenvalue weighted by Gasteiger charge is 2.39. The summed E-state index contributed by atoms with van der Waals surface area (Å²) >= 11 is 0. The van der Waals surface area contributed by atoms with E-state index in [0.717, 1.165) is 19.3 Å². The molecular formula is C46H60FN5O13. The Balaban J connectivity index is 1.28. The molecule has 0 saturated heterocycles. The molecule has 3 heterocycles. The van der Waals surface area contributed by atoms with Crippen molar-refractivity contribution >= 4 is 41.0 Å². The number of aromatic nitrogens is 4. The van der Waals surface area contributed by atoms with Crippen LogP contribution in [0.4, 0.5) is 15.0 Å². The number of carbonyl (C=O) groups excluding carboxylic acids is 4. The number of para-hydroxylation sites is 1. The van der Waals surface area contributed by atoms with Crippen LogP contribution in [-0.2, 0) is 41.7 Å². The normalized spacial score (nSPS) is 12.8. The molecule has 3 aromatic heterocycles. The van der Waals surface area contributed by atoms with Crippen molar-refractivity contribution in [2.75, 3.05) is 19.0 Å². The van der Waals surface area contributed by atoms with Crippen LogP contribution in [0.1, 0.15) is 139 Å². The SMILES string of the molecule is C#CC(COC(=O)c1ccccc1OC(=O)CCCCCCCCCCCCCCC)(OC)[C@@H](O)Cn1cnc2c(NC(=O)OC(C)(C)CC(=O)OCc3oc(=O)oc3C)nc(F)nc21. The molecule has 18 nitrogen and oxygen atoms in total. The van der Waals surface area contributed by atoms with Crippen molar-refractivity contribution in [3.63, 3.8) is 0 Å². The fourth-order valence-corrected chi connectivity index (χ4v) is 6.86. The zero-order valence-corrected chi connectivity index (χ0v) is 37.8. The van der Waals surface area contributed by atoms with E-state index in [1.807, 2.05) is 0 Å². The number of unbranched alkanes of at least 4 members (excludes halogenated alkanes) is 12. The standard InChI is InChI=1S/C46H60FN5O13/c1-7-9-10-11-12-13-14-15-16-17-18-19-20-25-36(54)63-33-24-22-21-23-32(33)41(56)61-29-46(8-2,59-6)35(53)27-52-30-48-38-39(49-42(47)51-40(38)52)50-43(57)65-45(4,5)26-37(55)60-28-34-31(3)62-44(58)64-34/h2,21-24,30,35,53H,7,9-20,25-29H2,1,3-6H3,(H,49,50,51,57)/t35-,46?/m0/s1. The number of terminal acetylenes is 1. The third-order valence-electron chi connectivity index (χ3n) is 10.5. The van der Waals surface area contributed by atoms with Gasteiger partial charge in [0.2, 0.25) is 0 Å². The Labute approximate surface area is 376 Å². The second-order valence-corrected chi connectivity index (χ2v) is 16.2. The van der Waals surface area contributed by atoms with Crippen LogP contribution in [0.2, 0.25) is 0 Å². The lowest BCUT2D eigenvalue weighted by molar-refractivity contribution is -0.149. The number of hydrogen-bond donors (Lipinski definition) is 2. The largest absolute Gasteiger partial charge is 0.519 e. The maximum absolute atomic E-state index is 14.8. The molecule has 4 aromatic rings. The maximum atomic E-state index is 14.8. The number of rotatable bonds is 28. The zero-order valence-electron chi connectivity index (χ0n) is 37.8. The van der Waals surface area contributed by atoms with Crippen molar-refractivity contribution < 1.29 is 61.2 Å². The van der Waals surface area contributed by atoms with E-state index in [4.69, 9.17) is 38.9 Å². The van der Waals surface area contributed by atoms with Gasteiger partial charge in [-0.1, -0.05) is 102 Å². The van der Waals surface area contributed by atoms with Crippen LogP contribution in [-0.4, -0.2) is 79.6 Å². The number of halogens is 1. The number of benzene rings is 1. The van der Waals surface area contributed by atoms with E-state index in [0.29, 0.717) is 6.42 Å². The summed E-state index contributed by atoms with van der Waals surface area (Å²) < 4.78 is 52.5. The summed E-state index contributed by atoms with van der Waals surface area (Å²) in [6, 6.07) is 6.07. The van der Waals surface area contributed by atoms with Crippen molar-refractivity contribution in [3.8, 4) is 18.1 Å². The van der Waals surface area contributed by atoms with E-state index in [9.17, 15) is 33.5 Å². The summed E-state index contributed by atoms with van der Waals surface area (Å²) in [6.07, 6.45) is 18.0. The number of imidazole rings is 1. The first-order valence-corrected chi connectivity index (χ1v) is 21.9. The van der Waals surface area contributed by atoms with Crippen LogP contribution in [0.25, 0.3) is 11.2 Å². The summed E-state index contributed by atoms with van der Waals surface area (Å²) in [5, 5.41) is 13.7. The van der Waals surface area contributed by atoms with Crippen LogP contribution in [0.3, 0.4) is 0 Å². The van der Waals surface area contributed by atoms with Gasteiger partial charge in [-0.3, -0.25) is 14.9 Å². The molecule has 65 heavy (non-hydrogen) atoms. The number of ether oxygens (including phenoxy) is 5. The maximum Gasteiger partial charge on any atom is 0.519 e. The minimum absolute atomic E-state index is 0.00113. The number of carbonyl (C=O) groups is 4. The van der Waals surface area contributed by atoms with Crippen LogP contribution in [0.5, 0.6) is 5.75 Å². The van der Waals surface area contributed by atoms with Crippen LogP contribution < -0.4 is 15.9 Å². The van der Waals surface area contributed by atoms with E-state index in [1.54, 1.807) is 12.1 Å². The highest BCUT2D eigenvalue weighted by atomic mass is 19.1. The number of methoxy groups -OCH3 is 1. The summed E-state index contributed by atoms with van der Waals surface area (Å²) in [5.41, 5.74) is -3.72. The average Bonchev–Trinajstić information content (AvgIpc) is 3.81. The number of anilines is 1. The Morgan fingerprint density at radius 3 is 2.20 bits per heavy atom. The van der Waals surface area contributed by atoms with E-state index < -0.39 is 78.6 Å². The molecule has 1 unspecified atom stereocenters. The number of nitrogens with one attached hydrogen (secondary N) is 1. The number of esters is 3. The van der Waals surface area contributed by atoms with Gasteiger partial charge in [0.1, 0.15) is 29.6 Å². The molecule has 0 radical (unpaired) electrons. The third kappa shape index (κ3) is 16.1. The van der Waals surface area contributed by atoms with Crippen molar-refractivity contribution in [1.29, 1.82) is 0 Å². The first kappa shape index (κ1) is 51.5. The second kappa shape index (κ2) is 25.4. The summed E-state index contributed by atoms with van der Waals surface area (Å²) in [4.78, 5) is 74.2. The Hall–Kier alpha value is -6.13. The molecule has 1 aromatic carbocycles. The summed E-state index contributed by atoms with van der Waals surface area (Å²) in [7, 11) is 1.20. The molecule has 2 N–H and O–H groups in total. The lowest BCUT2D eigenvalue weighted by Crippen LogP contribution is -2.49. The van der Waals surface area contributed by atoms with Gasteiger partial charge >= 0.3 is 35.9 Å². The number of amides is 1. The quantitative estimate of drug-likeness (QED) is 0.0138.